The van der Waals surface area contributed by atoms with Crippen LogP contribution in [0.1, 0.15) is 23.1 Å². The summed E-state index contributed by atoms with van der Waals surface area (Å²) in [5, 5.41) is 19.1. The molecule has 0 saturated carbocycles. The number of rotatable bonds is 9. The lowest BCUT2D eigenvalue weighted by Gasteiger charge is -2.11. The number of halogens is 3. The predicted molar refractivity (Wildman–Crippen MR) is 116 cm³/mol. The number of hydrogen-bond acceptors (Lipinski definition) is 7. The zero-order chi connectivity index (χ0) is 25.5. The van der Waals surface area contributed by atoms with E-state index in [4.69, 9.17) is 0 Å². The summed E-state index contributed by atoms with van der Waals surface area (Å²) in [6.07, 6.45) is -0.993. The topological polar surface area (TPSA) is 110 Å². The molecule has 2 aromatic rings. The molecule has 0 heterocycles. The second-order valence-corrected chi connectivity index (χ2v) is 7.13. The number of esters is 1. The van der Waals surface area contributed by atoms with Crippen LogP contribution in [-0.2, 0) is 19.1 Å². The minimum Gasteiger partial charge on any atom is -0.508 e. The lowest BCUT2D eigenvalue weighted by atomic mass is 9.93. The molecule has 1 atom stereocenters. The number of aryl methyl sites for hydroxylation is 1. The Balaban J connectivity index is 2.24. The molecule has 0 fully saturated rings. The van der Waals surface area contributed by atoms with Gasteiger partial charge < -0.3 is 19.7 Å². The molecule has 2 N–H and O–H groups in total. The molecule has 180 valence electrons. The minimum atomic E-state index is -5.03. The van der Waals surface area contributed by atoms with Gasteiger partial charge in [0.05, 0.1) is 19.4 Å². The maximum absolute atomic E-state index is 12.7. The SMILES string of the molecule is COC(=O)CC(C(=O)/C=C/c1ccc(O)c(C)c1)C(=O)/C=C/c1ccc(O)c(OC(F)(F)F)c1. The first-order valence-corrected chi connectivity index (χ1v) is 9.78. The molecular formula is C24H21F3O7. The van der Waals surface area contributed by atoms with Crippen molar-refractivity contribution < 1.29 is 47.2 Å². The van der Waals surface area contributed by atoms with Crippen molar-refractivity contribution in [3.05, 3.63) is 65.2 Å². The third-order valence-corrected chi connectivity index (χ3v) is 4.60. The second-order valence-electron chi connectivity index (χ2n) is 7.13. The Morgan fingerprint density at radius 2 is 1.47 bits per heavy atom. The number of ether oxygens (including phenoxy) is 2. The highest BCUT2D eigenvalue weighted by molar-refractivity contribution is 6.15. The Morgan fingerprint density at radius 1 is 0.941 bits per heavy atom. The van der Waals surface area contributed by atoms with Crippen LogP contribution in [0.5, 0.6) is 17.2 Å². The van der Waals surface area contributed by atoms with Gasteiger partial charge in [-0.15, -0.1) is 13.2 Å². The number of benzene rings is 2. The molecule has 0 aliphatic rings. The minimum absolute atomic E-state index is 0.0739. The Hall–Kier alpha value is -4.08. The van der Waals surface area contributed by atoms with Crippen LogP contribution < -0.4 is 4.74 Å². The highest BCUT2D eigenvalue weighted by Crippen LogP contribution is 2.32. The summed E-state index contributed by atoms with van der Waals surface area (Å²) in [7, 11) is 1.10. The Labute approximate surface area is 192 Å². The van der Waals surface area contributed by atoms with E-state index in [1.54, 1.807) is 19.1 Å². The van der Waals surface area contributed by atoms with Gasteiger partial charge in [-0.1, -0.05) is 24.3 Å². The molecule has 0 aliphatic carbocycles. The molecular weight excluding hydrogens is 457 g/mol. The van der Waals surface area contributed by atoms with Crippen molar-refractivity contribution in [3.8, 4) is 17.2 Å². The van der Waals surface area contributed by atoms with Crippen molar-refractivity contribution in [3.63, 3.8) is 0 Å². The molecule has 1 unspecified atom stereocenters. The van der Waals surface area contributed by atoms with Crippen molar-refractivity contribution in [1.29, 1.82) is 0 Å². The van der Waals surface area contributed by atoms with E-state index >= 15 is 0 Å². The first-order chi connectivity index (χ1) is 15.9. The van der Waals surface area contributed by atoms with E-state index in [0.717, 1.165) is 37.5 Å². The molecule has 0 radical (unpaired) electrons. The van der Waals surface area contributed by atoms with E-state index in [1.807, 2.05) is 0 Å². The predicted octanol–water partition coefficient (Wildman–Crippen LogP) is 4.35. The Kier molecular flexibility index (Phi) is 8.60. The summed E-state index contributed by atoms with van der Waals surface area (Å²) < 4.78 is 45.6. The van der Waals surface area contributed by atoms with Gasteiger partial charge >= 0.3 is 12.3 Å². The second kappa shape index (κ2) is 11.2. The molecule has 0 spiro atoms. The molecule has 0 saturated heterocycles. The molecule has 34 heavy (non-hydrogen) atoms. The van der Waals surface area contributed by atoms with Crippen LogP contribution >= 0.6 is 0 Å². The number of carbonyl (C=O) groups excluding carboxylic acids is 3. The van der Waals surface area contributed by atoms with Crippen LogP contribution in [0.15, 0.2) is 48.6 Å². The average Bonchev–Trinajstić information content (AvgIpc) is 2.77. The van der Waals surface area contributed by atoms with Crippen LogP contribution in [0.2, 0.25) is 0 Å². The van der Waals surface area contributed by atoms with E-state index in [0.29, 0.717) is 11.1 Å². The maximum atomic E-state index is 12.7. The summed E-state index contributed by atoms with van der Waals surface area (Å²) in [5.74, 6) is -5.26. The van der Waals surface area contributed by atoms with Gasteiger partial charge in [0, 0.05) is 0 Å². The number of alkyl halides is 3. The number of allylic oxidation sites excluding steroid dienone is 2. The van der Waals surface area contributed by atoms with Gasteiger partial charge in [0.1, 0.15) is 5.75 Å². The fourth-order valence-corrected chi connectivity index (χ4v) is 2.80. The van der Waals surface area contributed by atoms with Crippen molar-refractivity contribution in [2.24, 2.45) is 5.92 Å². The van der Waals surface area contributed by atoms with Crippen molar-refractivity contribution in [1.82, 2.24) is 0 Å². The van der Waals surface area contributed by atoms with E-state index in [-0.39, 0.29) is 11.3 Å². The molecule has 10 heteroatoms. The van der Waals surface area contributed by atoms with Gasteiger partial charge in [0.2, 0.25) is 0 Å². The number of ketones is 2. The van der Waals surface area contributed by atoms with E-state index in [1.165, 1.54) is 18.2 Å². The fourth-order valence-electron chi connectivity index (χ4n) is 2.80. The number of carbonyl (C=O) groups is 3. The summed E-state index contributed by atoms with van der Waals surface area (Å²) in [6, 6.07) is 7.64. The number of aromatic hydroxyl groups is 2. The van der Waals surface area contributed by atoms with E-state index < -0.39 is 47.7 Å². The Bertz CT molecular complexity index is 1130. The normalized spacial score (nSPS) is 12.6. The quantitative estimate of drug-likeness (QED) is 0.313. The zero-order valence-corrected chi connectivity index (χ0v) is 18.1. The summed E-state index contributed by atoms with van der Waals surface area (Å²) in [6.45, 7) is 1.66. The van der Waals surface area contributed by atoms with Crippen LogP contribution in [0.4, 0.5) is 13.2 Å². The third-order valence-electron chi connectivity index (χ3n) is 4.60. The van der Waals surface area contributed by atoms with E-state index in [9.17, 15) is 37.8 Å². The number of hydrogen-bond donors (Lipinski definition) is 2. The smallest absolute Gasteiger partial charge is 0.508 e. The third kappa shape index (κ3) is 7.80. The standard InChI is InChI=1S/C24H21F3O7/c1-14-11-15(3-7-18(14)28)4-8-19(29)17(13-23(32)33-2)20(30)9-5-16-6-10-21(31)22(12-16)34-24(25,26)27/h3-12,17,28,31H,13H2,1-2H3/b8-4+,9-5+. The van der Waals surface area contributed by atoms with Gasteiger partial charge in [-0.2, -0.15) is 0 Å². The number of phenols is 2. The van der Waals surface area contributed by atoms with E-state index in [2.05, 4.69) is 9.47 Å². The summed E-state index contributed by atoms with van der Waals surface area (Å²) >= 11 is 0. The first-order valence-electron chi connectivity index (χ1n) is 9.78. The largest absolute Gasteiger partial charge is 0.573 e. The summed E-state index contributed by atoms with van der Waals surface area (Å²) in [5.41, 5.74) is 1.22. The zero-order valence-electron chi connectivity index (χ0n) is 18.1. The molecule has 0 aromatic heterocycles. The van der Waals surface area contributed by atoms with Gasteiger partial charge in [0.25, 0.3) is 0 Å². The van der Waals surface area contributed by atoms with Gasteiger partial charge in [-0.3, -0.25) is 14.4 Å². The van der Waals surface area contributed by atoms with Crippen LogP contribution in [0.25, 0.3) is 12.2 Å². The van der Waals surface area contributed by atoms with Crippen LogP contribution in [0.3, 0.4) is 0 Å². The van der Waals surface area contributed by atoms with Crippen LogP contribution in [0, 0.1) is 12.8 Å². The lowest BCUT2D eigenvalue weighted by Crippen LogP contribution is -2.25. The summed E-state index contributed by atoms with van der Waals surface area (Å²) in [4.78, 5) is 37.0. The maximum Gasteiger partial charge on any atom is 0.573 e. The highest BCUT2D eigenvalue weighted by atomic mass is 19.4. The monoisotopic (exact) mass is 478 g/mol. The molecule has 7 nitrogen and oxygen atoms in total. The number of phenolic OH excluding ortho intramolecular Hbond substituents is 2. The average molecular weight is 478 g/mol. The first kappa shape index (κ1) is 26.2. The molecule has 0 aliphatic heterocycles. The fraction of sp³-hybridized carbons (Fsp3) is 0.208. The molecule has 2 rings (SSSR count). The number of methoxy groups -OCH3 is 1. The van der Waals surface area contributed by atoms with Crippen LogP contribution in [-0.4, -0.2) is 41.2 Å². The van der Waals surface area contributed by atoms with Gasteiger partial charge in [-0.05, 0) is 60.0 Å². The Morgan fingerprint density at radius 3 is 1.97 bits per heavy atom. The highest BCUT2D eigenvalue weighted by Gasteiger charge is 2.32. The molecule has 0 bridgehead atoms. The van der Waals surface area contributed by atoms with Gasteiger partial charge in [0.15, 0.2) is 23.1 Å². The molecule has 2 aromatic carbocycles. The lowest BCUT2D eigenvalue weighted by molar-refractivity contribution is -0.275. The van der Waals surface area contributed by atoms with Crippen molar-refractivity contribution in [2.45, 2.75) is 19.7 Å². The van der Waals surface area contributed by atoms with Crippen molar-refractivity contribution in [2.75, 3.05) is 7.11 Å². The van der Waals surface area contributed by atoms with Crippen molar-refractivity contribution >= 4 is 29.7 Å². The molecule has 0 amide bonds. The van der Waals surface area contributed by atoms with Gasteiger partial charge in [-0.25, -0.2) is 0 Å².